The summed E-state index contributed by atoms with van der Waals surface area (Å²) >= 11 is 0. The van der Waals surface area contributed by atoms with Crippen LogP contribution >= 0.6 is 0 Å². The zero-order chi connectivity index (χ0) is 14.4. The lowest BCUT2D eigenvalue weighted by Crippen LogP contribution is -2.55. The van der Waals surface area contributed by atoms with E-state index in [2.05, 4.69) is 21.7 Å². The van der Waals surface area contributed by atoms with E-state index >= 15 is 0 Å². The smallest absolute Gasteiger partial charge is 0.172 e. The number of aromatic nitrogens is 2. The highest BCUT2D eigenvalue weighted by Crippen LogP contribution is 2.30. The lowest BCUT2D eigenvalue weighted by Gasteiger charge is -2.43. The van der Waals surface area contributed by atoms with Crippen molar-refractivity contribution in [2.45, 2.75) is 31.8 Å². The number of hydrogen-bond donors (Lipinski definition) is 1. The molecule has 0 aliphatic carbocycles. The van der Waals surface area contributed by atoms with Crippen LogP contribution in [-0.4, -0.2) is 46.6 Å². The van der Waals surface area contributed by atoms with E-state index in [1.807, 2.05) is 24.3 Å². The number of nitrogens with two attached hydrogens (primary N) is 1. The highest BCUT2D eigenvalue weighted by molar-refractivity contribution is 5.79. The molecule has 1 aromatic carbocycles. The predicted octanol–water partition coefficient (Wildman–Crippen LogP) is 1.88. The van der Waals surface area contributed by atoms with Crippen molar-refractivity contribution in [2.75, 3.05) is 30.3 Å². The minimum Gasteiger partial charge on any atom is -0.381 e. The summed E-state index contributed by atoms with van der Waals surface area (Å²) in [4.78, 5) is 14.3. The number of piperazine rings is 1. The molecular formula is C16H21N5. The second kappa shape index (κ2) is 4.84. The molecule has 2 fully saturated rings. The van der Waals surface area contributed by atoms with Crippen molar-refractivity contribution in [3.05, 3.63) is 24.3 Å². The largest absolute Gasteiger partial charge is 0.381 e. The Kier molecular flexibility index (Phi) is 2.96. The van der Waals surface area contributed by atoms with Gasteiger partial charge in [-0.2, -0.15) is 0 Å². The fraction of sp³-hybridized carbons (Fsp3) is 0.500. The fourth-order valence-corrected chi connectivity index (χ4v) is 3.70. The Morgan fingerprint density at radius 3 is 2.71 bits per heavy atom. The molecule has 5 nitrogen and oxygen atoms in total. The molecule has 2 aromatic rings. The van der Waals surface area contributed by atoms with Crippen molar-refractivity contribution in [3.8, 4) is 0 Å². The molecule has 2 aliphatic heterocycles. The van der Waals surface area contributed by atoms with Gasteiger partial charge in [0.2, 0.25) is 0 Å². The van der Waals surface area contributed by atoms with Crippen LogP contribution in [0.5, 0.6) is 0 Å². The first-order chi connectivity index (χ1) is 10.2. The van der Waals surface area contributed by atoms with Crippen molar-refractivity contribution in [1.29, 1.82) is 0 Å². The molecule has 0 amide bonds. The molecule has 2 N–H and O–H groups in total. The van der Waals surface area contributed by atoms with Crippen molar-refractivity contribution >= 4 is 22.7 Å². The summed E-state index contributed by atoms with van der Waals surface area (Å²) in [6.07, 6.45) is 2.59. The Balaban J connectivity index is 1.73. The van der Waals surface area contributed by atoms with Gasteiger partial charge < -0.3 is 10.6 Å². The molecule has 2 unspecified atom stereocenters. The van der Waals surface area contributed by atoms with Gasteiger partial charge in [-0.3, -0.25) is 4.90 Å². The summed E-state index contributed by atoms with van der Waals surface area (Å²) in [5.74, 6) is 1.40. The second-order valence-corrected chi connectivity index (χ2v) is 6.21. The van der Waals surface area contributed by atoms with Gasteiger partial charge in [-0.15, -0.1) is 0 Å². The molecule has 1 aromatic heterocycles. The molecule has 0 saturated carbocycles. The first-order valence-electron chi connectivity index (χ1n) is 7.75. The van der Waals surface area contributed by atoms with E-state index in [9.17, 15) is 0 Å². The SMILES string of the molecule is CC1CN2CCCC2CN1c1nc2ccccc2nc1N. The van der Waals surface area contributed by atoms with E-state index in [1.165, 1.54) is 19.4 Å². The summed E-state index contributed by atoms with van der Waals surface area (Å²) in [6, 6.07) is 9.00. The van der Waals surface area contributed by atoms with Crippen LogP contribution in [0.1, 0.15) is 19.8 Å². The summed E-state index contributed by atoms with van der Waals surface area (Å²) in [5, 5.41) is 0. The Labute approximate surface area is 124 Å². The van der Waals surface area contributed by atoms with Gasteiger partial charge in [0.1, 0.15) is 0 Å². The van der Waals surface area contributed by atoms with Crippen molar-refractivity contribution in [3.63, 3.8) is 0 Å². The molecule has 5 heteroatoms. The normalized spacial score (nSPS) is 26.2. The maximum atomic E-state index is 6.19. The van der Waals surface area contributed by atoms with E-state index in [0.29, 0.717) is 17.9 Å². The van der Waals surface area contributed by atoms with Gasteiger partial charge in [-0.1, -0.05) is 12.1 Å². The minimum atomic E-state index is 0.428. The first kappa shape index (κ1) is 12.8. The lowest BCUT2D eigenvalue weighted by atomic mass is 10.1. The number of nitrogens with zero attached hydrogens (tertiary/aromatic N) is 4. The molecule has 2 atom stereocenters. The summed E-state index contributed by atoms with van der Waals surface area (Å²) in [5.41, 5.74) is 7.97. The number of rotatable bonds is 1. The molecule has 0 radical (unpaired) electrons. The minimum absolute atomic E-state index is 0.428. The van der Waals surface area contributed by atoms with Crippen LogP contribution < -0.4 is 10.6 Å². The van der Waals surface area contributed by atoms with Crippen LogP contribution in [0.25, 0.3) is 11.0 Å². The molecule has 0 spiro atoms. The summed E-state index contributed by atoms with van der Waals surface area (Å²) < 4.78 is 0. The Bertz CT molecular complexity index is 671. The van der Waals surface area contributed by atoms with Gasteiger partial charge in [0, 0.05) is 25.2 Å². The zero-order valence-electron chi connectivity index (χ0n) is 12.4. The number of nitrogen functional groups attached to an aromatic ring is 1. The molecular weight excluding hydrogens is 262 g/mol. The molecule has 110 valence electrons. The highest BCUT2D eigenvalue weighted by atomic mass is 15.3. The maximum Gasteiger partial charge on any atom is 0.172 e. The van der Waals surface area contributed by atoms with Crippen LogP contribution in [-0.2, 0) is 0 Å². The van der Waals surface area contributed by atoms with Gasteiger partial charge >= 0.3 is 0 Å². The highest BCUT2D eigenvalue weighted by Gasteiger charge is 2.35. The third kappa shape index (κ3) is 2.12. The van der Waals surface area contributed by atoms with E-state index in [4.69, 9.17) is 10.7 Å². The van der Waals surface area contributed by atoms with Crippen molar-refractivity contribution in [2.24, 2.45) is 0 Å². The lowest BCUT2D eigenvalue weighted by molar-refractivity contribution is 0.202. The number of hydrogen-bond acceptors (Lipinski definition) is 5. The Morgan fingerprint density at radius 2 is 1.90 bits per heavy atom. The molecule has 2 saturated heterocycles. The zero-order valence-corrected chi connectivity index (χ0v) is 12.4. The summed E-state index contributed by atoms with van der Waals surface area (Å²) in [6.45, 7) is 5.60. The van der Waals surface area contributed by atoms with Crippen molar-refractivity contribution in [1.82, 2.24) is 14.9 Å². The van der Waals surface area contributed by atoms with Crippen LogP contribution in [0, 0.1) is 0 Å². The number of para-hydroxylation sites is 2. The Hall–Kier alpha value is -1.88. The summed E-state index contributed by atoms with van der Waals surface area (Å²) in [7, 11) is 0. The van der Waals surface area contributed by atoms with Gasteiger partial charge in [0.05, 0.1) is 11.0 Å². The average molecular weight is 283 g/mol. The fourth-order valence-electron chi connectivity index (χ4n) is 3.70. The van der Waals surface area contributed by atoms with E-state index < -0.39 is 0 Å². The van der Waals surface area contributed by atoms with Crippen molar-refractivity contribution < 1.29 is 0 Å². The number of benzene rings is 1. The van der Waals surface area contributed by atoms with Crippen LogP contribution in [0.3, 0.4) is 0 Å². The van der Waals surface area contributed by atoms with Crippen LogP contribution in [0.2, 0.25) is 0 Å². The molecule has 21 heavy (non-hydrogen) atoms. The first-order valence-corrected chi connectivity index (χ1v) is 7.75. The molecule has 0 bridgehead atoms. The molecule has 4 rings (SSSR count). The van der Waals surface area contributed by atoms with E-state index in [1.54, 1.807) is 0 Å². The van der Waals surface area contributed by atoms with Gasteiger partial charge in [0.15, 0.2) is 11.6 Å². The van der Waals surface area contributed by atoms with Gasteiger partial charge in [0.25, 0.3) is 0 Å². The van der Waals surface area contributed by atoms with E-state index in [0.717, 1.165) is 29.9 Å². The quantitative estimate of drug-likeness (QED) is 0.866. The van der Waals surface area contributed by atoms with E-state index in [-0.39, 0.29) is 0 Å². The topological polar surface area (TPSA) is 58.3 Å². The van der Waals surface area contributed by atoms with Gasteiger partial charge in [-0.05, 0) is 38.4 Å². The second-order valence-electron chi connectivity index (χ2n) is 6.21. The average Bonchev–Trinajstić information content (AvgIpc) is 2.93. The maximum absolute atomic E-state index is 6.19. The van der Waals surface area contributed by atoms with Crippen LogP contribution in [0.15, 0.2) is 24.3 Å². The number of fused-ring (bicyclic) bond motifs is 2. The van der Waals surface area contributed by atoms with Crippen LogP contribution in [0.4, 0.5) is 11.6 Å². The third-order valence-electron chi connectivity index (χ3n) is 4.79. The predicted molar refractivity (Wildman–Crippen MR) is 85.4 cm³/mol. The number of anilines is 2. The standard InChI is InChI=1S/C16H21N5/c1-11-9-20-8-4-5-12(20)10-21(11)16-15(17)18-13-6-2-3-7-14(13)19-16/h2-3,6-7,11-12H,4-5,8-10H2,1H3,(H2,17,18). The Morgan fingerprint density at radius 1 is 1.14 bits per heavy atom. The molecule has 2 aliphatic rings. The van der Waals surface area contributed by atoms with Gasteiger partial charge in [-0.25, -0.2) is 9.97 Å². The molecule has 3 heterocycles. The third-order valence-corrected chi connectivity index (χ3v) is 4.79. The monoisotopic (exact) mass is 283 g/mol.